The summed E-state index contributed by atoms with van der Waals surface area (Å²) in [6.45, 7) is 0. The summed E-state index contributed by atoms with van der Waals surface area (Å²) in [7, 11) is 0. The molecule has 1 unspecified atom stereocenters. The molecule has 1 aliphatic carbocycles. The lowest BCUT2D eigenvalue weighted by Crippen LogP contribution is -2.09. The van der Waals surface area contributed by atoms with Gasteiger partial charge in [-0.2, -0.15) is 0 Å². The molecular weight excluding hydrogens is 176 g/mol. The third-order valence-electron chi connectivity index (χ3n) is 2.87. The van der Waals surface area contributed by atoms with Crippen molar-refractivity contribution in [2.45, 2.75) is 25.4 Å². The topological polar surface area (TPSA) is 37.5 Å². The number of aryl methyl sites for hydroxylation is 1. The Morgan fingerprint density at radius 2 is 2.36 bits per heavy atom. The molecule has 3 heteroatoms. The SMILES string of the molecule is OC1CCCc2c1nc1ccccn21. The van der Waals surface area contributed by atoms with Gasteiger partial charge in [0.25, 0.3) is 0 Å². The fourth-order valence-electron chi connectivity index (χ4n) is 2.18. The van der Waals surface area contributed by atoms with Crippen LogP contribution in [0.15, 0.2) is 24.4 Å². The Bertz CT molecular complexity index is 475. The highest BCUT2D eigenvalue weighted by Gasteiger charge is 2.22. The van der Waals surface area contributed by atoms with E-state index in [4.69, 9.17) is 0 Å². The molecule has 1 atom stereocenters. The zero-order valence-corrected chi connectivity index (χ0v) is 7.85. The molecule has 0 aliphatic heterocycles. The molecule has 0 spiro atoms. The maximum atomic E-state index is 9.79. The van der Waals surface area contributed by atoms with E-state index in [-0.39, 0.29) is 6.10 Å². The Morgan fingerprint density at radius 1 is 1.43 bits per heavy atom. The van der Waals surface area contributed by atoms with Crippen LogP contribution in [0.3, 0.4) is 0 Å². The van der Waals surface area contributed by atoms with Crippen molar-refractivity contribution in [3.63, 3.8) is 0 Å². The first-order chi connectivity index (χ1) is 6.86. The van der Waals surface area contributed by atoms with E-state index in [1.807, 2.05) is 24.4 Å². The van der Waals surface area contributed by atoms with Gasteiger partial charge in [0.05, 0.1) is 11.8 Å². The third-order valence-corrected chi connectivity index (χ3v) is 2.87. The van der Waals surface area contributed by atoms with Crippen molar-refractivity contribution in [2.24, 2.45) is 0 Å². The van der Waals surface area contributed by atoms with E-state index in [1.54, 1.807) is 0 Å². The number of aliphatic hydroxyl groups is 1. The lowest BCUT2D eigenvalue weighted by molar-refractivity contribution is 0.152. The molecule has 2 aromatic rings. The number of hydrogen-bond donors (Lipinski definition) is 1. The van der Waals surface area contributed by atoms with Crippen molar-refractivity contribution >= 4 is 5.65 Å². The highest BCUT2D eigenvalue weighted by Crippen LogP contribution is 2.29. The number of hydrogen-bond acceptors (Lipinski definition) is 2. The average Bonchev–Trinajstić information content (AvgIpc) is 2.59. The number of aliphatic hydroxyl groups excluding tert-OH is 1. The average molecular weight is 188 g/mol. The molecule has 0 saturated heterocycles. The minimum Gasteiger partial charge on any atom is -0.387 e. The molecule has 2 aromatic heterocycles. The second-order valence-electron chi connectivity index (χ2n) is 3.78. The van der Waals surface area contributed by atoms with Crippen LogP contribution in [0, 0.1) is 0 Å². The fraction of sp³-hybridized carbons (Fsp3) is 0.364. The van der Waals surface area contributed by atoms with Gasteiger partial charge < -0.3 is 9.51 Å². The van der Waals surface area contributed by atoms with Gasteiger partial charge in [0.2, 0.25) is 0 Å². The lowest BCUT2D eigenvalue weighted by atomic mass is 9.98. The van der Waals surface area contributed by atoms with Crippen molar-refractivity contribution in [3.05, 3.63) is 35.8 Å². The summed E-state index contributed by atoms with van der Waals surface area (Å²) in [4.78, 5) is 4.45. The largest absolute Gasteiger partial charge is 0.387 e. The summed E-state index contributed by atoms with van der Waals surface area (Å²) in [6, 6.07) is 5.95. The van der Waals surface area contributed by atoms with Gasteiger partial charge in [-0.1, -0.05) is 6.07 Å². The highest BCUT2D eigenvalue weighted by molar-refractivity contribution is 5.44. The zero-order valence-electron chi connectivity index (χ0n) is 7.85. The predicted molar refractivity (Wildman–Crippen MR) is 53.1 cm³/mol. The third kappa shape index (κ3) is 0.990. The number of fused-ring (bicyclic) bond motifs is 3. The number of aromatic nitrogens is 2. The van der Waals surface area contributed by atoms with E-state index in [2.05, 4.69) is 9.38 Å². The number of rotatable bonds is 0. The Kier molecular flexibility index (Phi) is 1.61. The molecule has 0 fully saturated rings. The van der Waals surface area contributed by atoms with Gasteiger partial charge in [0, 0.05) is 11.9 Å². The molecule has 3 nitrogen and oxygen atoms in total. The maximum Gasteiger partial charge on any atom is 0.137 e. The molecule has 14 heavy (non-hydrogen) atoms. The van der Waals surface area contributed by atoms with Crippen LogP contribution in [0.25, 0.3) is 5.65 Å². The van der Waals surface area contributed by atoms with Crippen LogP contribution in [0.5, 0.6) is 0 Å². The van der Waals surface area contributed by atoms with Gasteiger partial charge in [-0.05, 0) is 31.4 Å². The summed E-state index contributed by atoms with van der Waals surface area (Å²) < 4.78 is 2.08. The molecule has 3 rings (SSSR count). The van der Waals surface area contributed by atoms with Crippen LogP contribution in [0.4, 0.5) is 0 Å². The van der Waals surface area contributed by atoms with E-state index in [0.29, 0.717) is 0 Å². The summed E-state index contributed by atoms with van der Waals surface area (Å²) in [5.74, 6) is 0. The van der Waals surface area contributed by atoms with Crippen molar-refractivity contribution < 1.29 is 5.11 Å². The van der Waals surface area contributed by atoms with Crippen LogP contribution < -0.4 is 0 Å². The first kappa shape index (κ1) is 8.00. The molecule has 1 aliphatic rings. The molecule has 0 amide bonds. The normalized spacial score (nSPS) is 21.1. The van der Waals surface area contributed by atoms with Crippen molar-refractivity contribution in [2.75, 3.05) is 0 Å². The first-order valence-electron chi connectivity index (χ1n) is 5.00. The van der Waals surface area contributed by atoms with E-state index in [1.165, 1.54) is 5.69 Å². The van der Waals surface area contributed by atoms with E-state index >= 15 is 0 Å². The van der Waals surface area contributed by atoms with Crippen LogP contribution in [0.1, 0.15) is 30.3 Å². The summed E-state index contributed by atoms with van der Waals surface area (Å²) in [6.07, 6.45) is 4.57. The summed E-state index contributed by atoms with van der Waals surface area (Å²) >= 11 is 0. The Morgan fingerprint density at radius 3 is 3.29 bits per heavy atom. The van der Waals surface area contributed by atoms with E-state index in [0.717, 1.165) is 30.6 Å². The predicted octanol–water partition coefficient (Wildman–Crippen LogP) is 1.70. The Hall–Kier alpha value is -1.35. The van der Waals surface area contributed by atoms with Crippen LogP contribution >= 0.6 is 0 Å². The second kappa shape index (κ2) is 2.82. The molecule has 0 bridgehead atoms. The molecule has 0 aromatic carbocycles. The number of nitrogens with zero attached hydrogens (tertiary/aromatic N) is 2. The van der Waals surface area contributed by atoms with Crippen molar-refractivity contribution in [1.82, 2.24) is 9.38 Å². The van der Waals surface area contributed by atoms with Crippen molar-refractivity contribution in [3.8, 4) is 0 Å². The summed E-state index contributed by atoms with van der Waals surface area (Å²) in [5.41, 5.74) is 3.00. The first-order valence-corrected chi connectivity index (χ1v) is 5.00. The van der Waals surface area contributed by atoms with E-state index < -0.39 is 0 Å². The second-order valence-corrected chi connectivity index (χ2v) is 3.78. The standard InChI is InChI=1S/C11H12N2O/c14-9-5-3-4-8-11(9)12-10-6-1-2-7-13(8)10/h1-2,6-7,9,14H,3-5H2. The monoisotopic (exact) mass is 188 g/mol. The van der Waals surface area contributed by atoms with Gasteiger partial charge in [-0.3, -0.25) is 0 Å². The number of pyridine rings is 1. The summed E-state index contributed by atoms with van der Waals surface area (Å²) in [5, 5.41) is 9.79. The highest BCUT2D eigenvalue weighted by atomic mass is 16.3. The van der Waals surface area contributed by atoms with Gasteiger partial charge in [0.1, 0.15) is 5.65 Å². The molecule has 2 heterocycles. The minimum atomic E-state index is -0.362. The lowest BCUT2D eigenvalue weighted by Gasteiger charge is -2.16. The smallest absolute Gasteiger partial charge is 0.137 e. The van der Waals surface area contributed by atoms with Gasteiger partial charge in [-0.25, -0.2) is 4.98 Å². The zero-order chi connectivity index (χ0) is 9.54. The van der Waals surface area contributed by atoms with Gasteiger partial charge in [-0.15, -0.1) is 0 Å². The van der Waals surface area contributed by atoms with Crippen LogP contribution in [-0.4, -0.2) is 14.5 Å². The quantitative estimate of drug-likeness (QED) is 0.683. The molecule has 72 valence electrons. The van der Waals surface area contributed by atoms with Gasteiger partial charge >= 0.3 is 0 Å². The molecular formula is C11H12N2O. The number of imidazole rings is 1. The van der Waals surface area contributed by atoms with E-state index in [9.17, 15) is 5.11 Å². The van der Waals surface area contributed by atoms with Gasteiger partial charge in [0.15, 0.2) is 0 Å². The van der Waals surface area contributed by atoms with Crippen LogP contribution in [-0.2, 0) is 6.42 Å². The minimum absolute atomic E-state index is 0.362. The maximum absolute atomic E-state index is 9.79. The molecule has 1 N–H and O–H groups in total. The Balaban J connectivity index is 2.32. The molecule has 0 radical (unpaired) electrons. The van der Waals surface area contributed by atoms with Crippen molar-refractivity contribution in [1.29, 1.82) is 0 Å². The molecule has 0 saturated carbocycles. The Labute approximate surface area is 82.0 Å². The fourth-order valence-corrected chi connectivity index (χ4v) is 2.18. The van der Waals surface area contributed by atoms with Crippen LogP contribution in [0.2, 0.25) is 0 Å².